The molecule has 2 fully saturated rings. The van der Waals surface area contributed by atoms with Gasteiger partial charge < -0.3 is 4.74 Å². The minimum Gasteiger partial charge on any atom is -0.484 e. The summed E-state index contributed by atoms with van der Waals surface area (Å²) >= 11 is 0. The molecule has 2 nitrogen and oxygen atoms in total. The maximum atomic E-state index is 7.57. The molecule has 0 spiro atoms. The highest BCUT2D eigenvalue weighted by molar-refractivity contribution is 5.76. The number of methoxy groups -OCH3 is 1. The average molecular weight is 153 g/mol. The third-order valence-electron chi connectivity index (χ3n) is 3.29. The third-order valence-corrected chi connectivity index (χ3v) is 3.29. The highest BCUT2D eigenvalue weighted by Crippen LogP contribution is 2.48. The van der Waals surface area contributed by atoms with Gasteiger partial charge >= 0.3 is 0 Å². The number of hydrogen-bond acceptors (Lipinski definition) is 2. The molecule has 2 bridgehead atoms. The number of fused-ring (bicyclic) bond motifs is 2. The summed E-state index contributed by atoms with van der Waals surface area (Å²) in [5.41, 5.74) is 0. The van der Waals surface area contributed by atoms with Crippen molar-refractivity contribution in [1.29, 1.82) is 5.41 Å². The molecule has 0 amide bonds. The second-order valence-corrected chi connectivity index (χ2v) is 3.85. The maximum Gasteiger partial charge on any atom is 0.183 e. The van der Waals surface area contributed by atoms with Gasteiger partial charge in [-0.3, -0.25) is 5.41 Å². The lowest BCUT2D eigenvalue weighted by Crippen LogP contribution is -2.21. The lowest BCUT2D eigenvalue weighted by atomic mass is 9.89. The molecular formula is C9H15NO. The molecule has 62 valence electrons. The van der Waals surface area contributed by atoms with Gasteiger partial charge in [-0.2, -0.15) is 0 Å². The fraction of sp³-hybridized carbons (Fsp3) is 0.889. The van der Waals surface area contributed by atoms with Gasteiger partial charge in [0.05, 0.1) is 7.11 Å². The summed E-state index contributed by atoms with van der Waals surface area (Å²) in [5.74, 6) is 2.70. The van der Waals surface area contributed by atoms with Crippen LogP contribution in [0.2, 0.25) is 0 Å². The van der Waals surface area contributed by atoms with E-state index in [2.05, 4.69) is 0 Å². The second-order valence-electron chi connectivity index (χ2n) is 3.85. The van der Waals surface area contributed by atoms with E-state index in [1.165, 1.54) is 25.7 Å². The molecule has 2 rings (SSSR count). The van der Waals surface area contributed by atoms with Gasteiger partial charge in [0.2, 0.25) is 0 Å². The normalized spacial score (nSPS) is 41.0. The van der Waals surface area contributed by atoms with Crippen LogP contribution in [-0.2, 0) is 4.74 Å². The molecule has 0 heterocycles. The number of ether oxygens (including phenoxy) is 1. The van der Waals surface area contributed by atoms with Crippen LogP contribution < -0.4 is 0 Å². The molecule has 3 unspecified atom stereocenters. The van der Waals surface area contributed by atoms with Crippen molar-refractivity contribution in [2.45, 2.75) is 25.7 Å². The van der Waals surface area contributed by atoms with Crippen molar-refractivity contribution in [2.75, 3.05) is 7.11 Å². The Morgan fingerprint density at radius 1 is 1.36 bits per heavy atom. The Labute approximate surface area is 67.4 Å². The first-order valence-electron chi connectivity index (χ1n) is 4.43. The highest BCUT2D eigenvalue weighted by Gasteiger charge is 2.41. The van der Waals surface area contributed by atoms with Crippen molar-refractivity contribution in [3.63, 3.8) is 0 Å². The summed E-state index contributed by atoms with van der Waals surface area (Å²) in [5, 5.41) is 7.57. The van der Waals surface area contributed by atoms with Gasteiger partial charge in [-0.25, -0.2) is 0 Å². The Bertz CT molecular complexity index is 178. The lowest BCUT2D eigenvalue weighted by molar-refractivity contribution is 0.311. The van der Waals surface area contributed by atoms with Gasteiger partial charge in [0.1, 0.15) is 0 Å². The van der Waals surface area contributed by atoms with Gasteiger partial charge in [-0.1, -0.05) is 6.42 Å². The number of nitrogens with one attached hydrogen (secondary N) is 1. The highest BCUT2D eigenvalue weighted by atomic mass is 16.5. The van der Waals surface area contributed by atoms with Gasteiger partial charge in [-0.15, -0.1) is 0 Å². The van der Waals surface area contributed by atoms with Crippen molar-refractivity contribution in [3.8, 4) is 0 Å². The minimum atomic E-state index is 0.471. The molecule has 2 aliphatic carbocycles. The van der Waals surface area contributed by atoms with E-state index < -0.39 is 0 Å². The number of hydrogen-bond donors (Lipinski definition) is 1. The largest absolute Gasteiger partial charge is 0.484 e. The van der Waals surface area contributed by atoms with E-state index >= 15 is 0 Å². The van der Waals surface area contributed by atoms with E-state index in [-0.39, 0.29) is 0 Å². The first-order chi connectivity index (χ1) is 5.31. The van der Waals surface area contributed by atoms with E-state index in [0.717, 1.165) is 11.8 Å². The Morgan fingerprint density at radius 3 is 2.64 bits per heavy atom. The second kappa shape index (κ2) is 2.50. The van der Waals surface area contributed by atoms with E-state index in [0.29, 0.717) is 11.8 Å². The Morgan fingerprint density at radius 2 is 2.18 bits per heavy atom. The van der Waals surface area contributed by atoms with Crippen LogP contribution in [0.3, 0.4) is 0 Å². The van der Waals surface area contributed by atoms with Crippen LogP contribution in [0.4, 0.5) is 0 Å². The van der Waals surface area contributed by atoms with Crippen LogP contribution in [-0.4, -0.2) is 13.0 Å². The molecule has 0 radical (unpaired) electrons. The minimum absolute atomic E-state index is 0.471. The molecule has 2 heteroatoms. The quantitative estimate of drug-likeness (QED) is 0.454. The summed E-state index contributed by atoms with van der Waals surface area (Å²) in [4.78, 5) is 0. The van der Waals surface area contributed by atoms with Crippen molar-refractivity contribution >= 4 is 5.90 Å². The standard InChI is InChI=1S/C9H15NO/c1-11-9(10)8-5-6-2-3-7(8)4-6/h6-8,10H,2-5H2,1H3. The van der Waals surface area contributed by atoms with Crippen LogP contribution >= 0.6 is 0 Å². The molecule has 0 aromatic rings. The van der Waals surface area contributed by atoms with Crippen molar-refractivity contribution in [2.24, 2.45) is 17.8 Å². The summed E-state index contributed by atoms with van der Waals surface area (Å²) in [6.45, 7) is 0. The molecule has 0 aromatic carbocycles. The predicted octanol–water partition coefficient (Wildman–Crippen LogP) is 2.05. The molecule has 0 aromatic heterocycles. The molecule has 11 heavy (non-hydrogen) atoms. The van der Waals surface area contributed by atoms with Gasteiger partial charge in [0, 0.05) is 5.92 Å². The van der Waals surface area contributed by atoms with E-state index in [4.69, 9.17) is 10.1 Å². The van der Waals surface area contributed by atoms with Gasteiger partial charge in [0.15, 0.2) is 5.90 Å². The molecule has 0 saturated heterocycles. The molecule has 2 saturated carbocycles. The maximum absolute atomic E-state index is 7.57. The zero-order valence-corrected chi connectivity index (χ0v) is 6.97. The SMILES string of the molecule is COC(=N)C1CC2CCC1C2. The summed E-state index contributed by atoms with van der Waals surface area (Å²) < 4.78 is 4.97. The zero-order valence-electron chi connectivity index (χ0n) is 6.97. The average Bonchev–Trinajstić information content (AvgIpc) is 2.62. The number of rotatable bonds is 1. The Kier molecular flexibility index (Phi) is 1.63. The van der Waals surface area contributed by atoms with Gasteiger partial charge in [-0.05, 0) is 31.1 Å². The lowest BCUT2D eigenvalue weighted by Gasteiger charge is -2.20. The zero-order chi connectivity index (χ0) is 7.84. The monoisotopic (exact) mass is 153 g/mol. The van der Waals surface area contributed by atoms with E-state index in [1.807, 2.05) is 0 Å². The molecule has 1 N–H and O–H groups in total. The molecule has 2 aliphatic rings. The van der Waals surface area contributed by atoms with Crippen molar-refractivity contribution in [1.82, 2.24) is 0 Å². The van der Waals surface area contributed by atoms with Crippen LogP contribution in [0.15, 0.2) is 0 Å². The molecular weight excluding hydrogens is 138 g/mol. The molecule has 0 aliphatic heterocycles. The first kappa shape index (κ1) is 7.14. The Balaban J connectivity index is 2.02. The third kappa shape index (κ3) is 1.05. The van der Waals surface area contributed by atoms with Gasteiger partial charge in [0.25, 0.3) is 0 Å². The fourth-order valence-corrected chi connectivity index (χ4v) is 2.72. The topological polar surface area (TPSA) is 33.1 Å². The summed E-state index contributed by atoms with van der Waals surface area (Å²) in [6.07, 6.45) is 5.31. The first-order valence-corrected chi connectivity index (χ1v) is 4.43. The van der Waals surface area contributed by atoms with E-state index in [9.17, 15) is 0 Å². The van der Waals surface area contributed by atoms with Crippen molar-refractivity contribution in [3.05, 3.63) is 0 Å². The van der Waals surface area contributed by atoms with Crippen LogP contribution in [0.1, 0.15) is 25.7 Å². The molecule has 3 atom stereocenters. The van der Waals surface area contributed by atoms with Crippen LogP contribution in [0, 0.1) is 23.2 Å². The summed E-state index contributed by atoms with van der Waals surface area (Å²) in [6, 6.07) is 0. The van der Waals surface area contributed by atoms with Crippen LogP contribution in [0.5, 0.6) is 0 Å². The Hall–Kier alpha value is -0.530. The smallest absolute Gasteiger partial charge is 0.183 e. The van der Waals surface area contributed by atoms with Crippen LogP contribution in [0.25, 0.3) is 0 Å². The predicted molar refractivity (Wildman–Crippen MR) is 43.7 cm³/mol. The fourth-order valence-electron chi connectivity index (χ4n) is 2.72. The summed E-state index contributed by atoms with van der Waals surface area (Å²) in [7, 11) is 1.62. The van der Waals surface area contributed by atoms with Crippen molar-refractivity contribution < 1.29 is 4.74 Å². The van der Waals surface area contributed by atoms with E-state index in [1.54, 1.807) is 7.11 Å².